The van der Waals surface area contributed by atoms with Crippen LogP contribution >= 0.6 is 15.9 Å². The SMILES string of the molecule is CCC(C)C1C[C@@H](O)c2ccc(Br)cc2O1. The van der Waals surface area contributed by atoms with Crippen LogP contribution in [0.15, 0.2) is 22.7 Å². The molecular formula is C13H17BrO2. The predicted molar refractivity (Wildman–Crippen MR) is 67.6 cm³/mol. The summed E-state index contributed by atoms with van der Waals surface area (Å²) >= 11 is 3.42. The second-order valence-electron chi connectivity index (χ2n) is 4.48. The summed E-state index contributed by atoms with van der Waals surface area (Å²) in [5.41, 5.74) is 0.905. The van der Waals surface area contributed by atoms with E-state index in [-0.39, 0.29) is 6.10 Å². The van der Waals surface area contributed by atoms with Gasteiger partial charge < -0.3 is 9.84 Å². The van der Waals surface area contributed by atoms with Gasteiger partial charge in [-0.3, -0.25) is 0 Å². The van der Waals surface area contributed by atoms with Crippen molar-refractivity contribution < 1.29 is 9.84 Å². The first-order valence-electron chi connectivity index (χ1n) is 5.76. The molecule has 1 aromatic carbocycles. The molecule has 2 rings (SSSR count). The minimum atomic E-state index is -0.393. The van der Waals surface area contributed by atoms with Crippen LogP contribution in [0.3, 0.4) is 0 Å². The van der Waals surface area contributed by atoms with Gasteiger partial charge in [0.2, 0.25) is 0 Å². The Morgan fingerprint density at radius 1 is 1.56 bits per heavy atom. The fourth-order valence-electron chi connectivity index (χ4n) is 2.06. The van der Waals surface area contributed by atoms with Gasteiger partial charge in [-0.2, -0.15) is 0 Å². The number of hydrogen-bond acceptors (Lipinski definition) is 2. The average Bonchev–Trinajstić information content (AvgIpc) is 2.27. The van der Waals surface area contributed by atoms with Crippen LogP contribution in [0.1, 0.15) is 38.4 Å². The topological polar surface area (TPSA) is 29.5 Å². The van der Waals surface area contributed by atoms with Gasteiger partial charge in [-0.25, -0.2) is 0 Å². The summed E-state index contributed by atoms with van der Waals surface area (Å²) in [7, 11) is 0. The highest BCUT2D eigenvalue weighted by atomic mass is 79.9. The zero-order valence-electron chi connectivity index (χ0n) is 9.61. The fourth-order valence-corrected chi connectivity index (χ4v) is 2.40. The molecule has 0 amide bonds. The molecule has 16 heavy (non-hydrogen) atoms. The van der Waals surface area contributed by atoms with Crippen molar-refractivity contribution in [1.29, 1.82) is 0 Å². The molecule has 1 aromatic rings. The molecule has 1 aliphatic rings. The molecule has 0 aliphatic carbocycles. The van der Waals surface area contributed by atoms with Gasteiger partial charge in [0.25, 0.3) is 0 Å². The van der Waals surface area contributed by atoms with E-state index in [1.807, 2.05) is 18.2 Å². The average molecular weight is 285 g/mol. The van der Waals surface area contributed by atoms with Crippen molar-refractivity contribution >= 4 is 15.9 Å². The summed E-state index contributed by atoms with van der Waals surface area (Å²) in [5, 5.41) is 10.1. The van der Waals surface area contributed by atoms with Crippen molar-refractivity contribution in [2.75, 3.05) is 0 Å². The van der Waals surface area contributed by atoms with Gasteiger partial charge in [-0.1, -0.05) is 42.3 Å². The van der Waals surface area contributed by atoms with Crippen molar-refractivity contribution in [2.45, 2.75) is 38.9 Å². The number of aliphatic hydroxyl groups excluding tert-OH is 1. The van der Waals surface area contributed by atoms with E-state index in [1.54, 1.807) is 0 Å². The zero-order chi connectivity index (χ0) is 11.7. The molecule has 88 valence electrons. The van der Waals surface area contributed by atoms with Gasteiger partial charge >= 0.3 is 0 Å². The smallest absolute Gasteiger partial charge is 0.126 e. The molecule has 0 bridgehead atoms. The Labute approximate surface area is 105 Å². The monoisotopic (exact) mass is 284 g/mol. The number of halogens is 1. The number of fused-ring (bicyclic) bond motifs is 1. The molecule has 1 heterocycles. The second-order valence-corrected chi connectivity index (χ2v) is 5.39. The second kappa shape index (κ2) is 4.76. The maximum Gasteiger partial charge on any atom is 0.126 e. The summed E-state index contributed by atoms with van der Waals surface area (Å²) < 4.78 is 6.93. The number of hydrogen-bond donors (Lipinski definition) is 1. The zero-order valence-corrected chi connectivity index (χ0v) is 11.2. The third-order valence-corrected chi connectivity index (χ3v) is 3.84. The van der Waals surface area contributed by atoms with Gasteiger partial charge in [-0.15, -0.1) is 0 Å². The summed E-state index contributed by atoms with van der Waals surface area (Å²) in [6.45, 7) is 4.32. The Kier molecular flexibility index (Phi) is 3.55. The summed E-state index contributed by atoms with van der Waals surface area (Å²) in [6.07, 6.45) is 1.50. The molecule has 3 atom stereocenters. The molecule has 2 unspecified atom stereocenters. The molecule has 0 radical (unpaired) electrons. The Morgan fingerprint density at radius 3 is 3.00 bits per heavy atom. The predicted octanol–water partition coefficient (Wildman–Crippen LogP) is 3.68. The van der Waals surface area contributed by atoms with E-state index in [4.69, 9.17) is 4.74 Å². The first-order valence-corrected chi connectivity index (χ1v) is 6.55. The molecule has 1 N–H and O–H groups in total. The first kappa shape index (κ1) is 11.9. The van der Waals surface area contributed by atoms with Gasteiger partial charge in [0, 0.05) is 16.5 Å². The summed E-state index contributed by atoms with van der Waals surface area (Å²) in [4.78, 5) is 0. The molecule has 0 fully saturated rings. The molecule has 0 aromatic heterocycles. The Hall–Kier alpha value is -0.540. The minimum Gasteiger partial charge on any atom is -0.490 e. The third-order valence-electron chi connectivity index (χ3n) is 3.35. The van der Waals surface area contributed by atoms with Crippen molar-refractivity contribution in [3.63, 3.8) is 0 Å². The van der Waals surface area contributed by atoms with Crippen molar-refractivity contribution in [1.82, 2.24) is 0 Å². The highest BCUT2D eigenvalue weighted by molar-refractivity contribution is 9.10. The van der Waals surface area contributed by atoms with E-state index in [0.29, 0.717) is 12.3 Å². The van der Waals surface area contributed by atoms with Gasteiger partial charge in [0.15, 0.2) is 0 Å². The molecular weight excluding hydrogens is 268 g/mol. The van der Waals surface area contributed by atoms with Crippen molar-refractivity contribution in [3.05, 3.63) is 28.2 Å². The van der Waals surface area contributed by atoms with Gasteiger partial charge in [-0.05, 0) is 18.1 Å². The van der Waals surface area contributed by atoms with Crippen LogP contribution in [-0.2, 0) is 0 Å². The van der Waals surface area contributed by atoms with E-state index in [9.17, 15) is 5.11 Å². The number of benzene rings is 1. The van der Waals surface area contributed by atoms with E-state index in [2.05, 4.69) is 29.8 Å². The van der Waals surface area contributed by atoms with E-state index in [0.717, 1.165) is 22.2 Å². The maximum atomic E-state index is 10.1. The number of aliphatic hydroxyl groups is 1. The fraction of sp³-hybridized carbons (Fsp3) is 0.538. The lowest BCUT2D eigenvalue weighted by atomic mass is 9.91. The first-order chi connectivity index (χ1) is 7.61. The summed E-state index contributed by atoms with van der Waals surface area (Å²) in [5.74, 6) is 1.29. The van der Waals surface area contributed by atoms with Crippen LogP contribution < -0.4 is 4.74 Å². The van der Waals surface area contributed by atoms with E-state index in [1.165, 1.54) is 0 Å². The molecule has 3 heteroatoms. The largest absolute Gasteiger partial charge is 0.490 e. The number of ether oxygens (including phenoxy) is 1. The highest BCUT2D eigenvalue weighted by Gasteiger charge is 2.29. The molecule has 2 nitrogen and oxygen atoms in total. The molecule has 0 spiro atoms. The van der Waals surface area contributed by atoms with Crippen molar-refractivity contribution in [3.8, 4) is 5.75 Å². The molecule has 0 saturated heterocycles. The number of rotatable bonds is 2. The van der Waals surface area contributed by atoms with Crippen LogP contribution in [-0.4, -0.2) is 11.2 Å². The molecule has 0 saturated carbocycles. The lowest BCUT2D eigenvalue weighted by Gasteiger charge is -2.33. The minimum absolute atomic E-state index is 0.127. The molecule has 1 aliphatic heterocycles. The van der Waals surface area contributed by atoms with Gasteiger partial charge in [0.05, 0.1) is 6.10 Å². The summed E-state index contributed by atoms with van der Waals surface area (Å²) in [6, 6.07) is 5.80. The van der Waals surface area contributed by atoms with Crippen LogP contribution in [0.2, 0.25) is 0 Å². The lowest BCUT2D eigenvalue weighted by Crippen LogP contribution is -2.31. The van der Waals surface area contributed by atoms with E-state index >= 15 is 0 Å². The van der Waals surface area contributed by atoms with Crippen molar-refractivity contribution in [2.24, 2.45) is 5.92 Å². The Bertz CT molecular complexity index is 378. The normalized spacial score (nSPS) is 25.8. The lowest BCUT2D eigenvalue weighted by molar-refractivity contribution is 0.0375. The van der Waals surface area contributed by atoms with Crippen LogP contribution in [0.5, 0.6) is 5.75 Å². The van der Waals surface area contributed by atoms with Crippen LogP contribution in [0.4, 0.5) is 0 Å². The quantitative estimate of drug-likeness (QED) is 0.898. The Morgan fingerprint density at radius 2 is 2.31 bits per heavy atom. The maximum absolute atomic E-state index is 10.1. The van der Waals surface area contributed by atoms with Crippen LogP contribution in [0.25, 0.3) is 0 Å². The van der Waals surface area contributed by atoms with Crippen LogP contribution in [0, 0.1) is 5.92 Å². The highest BCUT2D eigenvalue weighted by Crippen LogP contribution is 2.38. The standard InChI is InChI=1S/C13H17BrO2/c1-3-8(2)12-7-11(15)10-5-4-9(14)6-13(10)16-12/h4-6,8,11-12,15H,3,7H2,1-2H3/t8?,11-,12?/m1/s1. The van der Waals surface area contributed by atoms with Gasteiger partial charge in [0.1, 0.15) is 11.9 Å². The third kappa shape index (κ3) is 2.25. The Balaban J connectivity index is 2.27. The van der Waals surface area contributed by atoms with E-state index < -0.39 is 6.10 Å².